The molecule has 0 aliphatic rings. The lowest BCUT2D eigenvalue weighted by Crippen LogP contribution is -1.98. The van der Waals surface area contributed by atoms with Gasteiger partial charge in [0.15, 0.2) is 0 Å². The summed E-state index contributed by atoms with van der Waals surface area (Å²) in [6.45, 7) is 0. The molecule has 53 heavy (non-hydrogen) atoms. The Balaban J connectivity index is 1.32. The number of rotatable bonds is 6. The van der Waals surface area contributed by atoms with E-state index in [1.165, 1.54) is 66.1 Å². The first-order chi connectivity index (χ1) is 26.3. The maximum atomic E-state index is 5.28. The molecule has 2 heteroatoms. The quantitative estimate of drug-likeness (QED) is 0.161. The van der Waals surface area contributed by atoms with Crippen LogP contribution in [0.1, 0.15) is 0 Å². The fraction of sp³-hybridized carbons (Fsp3) is 0. The van der Waals surface area contributed by atoms with Gasteiger partial charge in [0.1, 0.15) is 5.82 Å². The van der Waals surface area contributed by atoms with E-state index in [4.69, 9.17) is 4.98 Å². The fourth-order valence-corrected chi connectivity index (χ4v) is 8.03. The van der Waals surface area contributed by atoms with Crippen LogP contribution in [-0.4, -0.2) is 9.55 Å². The number of hydrogen-bond donors (Lipinski definition) is 0. The van der Waals surface area contributed by atoms with E-state index in [0.29, 0.717) is 0 Å². The van der Waals surface area contributed by atoms with Gasteiger partial charge in [0.05, 0.1) is 11.0 Å². The molecule has 10 aromatic rings. The Morgan fingerprint density at radius 1 is 0.321 bits per heavy atom. The van der Waals surface area contributed by atoms with Gasteiger partial charge in [0, 0.05) is 11.3 Å². The Morgan fingerprint density at radius 2 is 0.887 bits per heavy atom. The lowest BCUT2D eigenvalue weighted by atomic mass is 9.83. The normalized spacial score (nSPS) is 11.4. The molecule has 0 saturated heterocycles. The minimum atomic E-state index is 0.919. The topological polar surface area (TPSA) is 17.8 Å². The van der Waals surface area contributed by atoms with Crippen LogP contribution < -0.4 is 0 Å². The van der Waals surface area contributed by atoms with Crippen molar-refractivity contribution in [3.8, 4) is 61.6 Å². The van der Waals surface area contributed by atoms with Gasteiger partial charge in [-0.15, -0.1) is 0 Å². The van der Waals surface area contributed by atoms with Crippen LogP contribution in [0.15, 0.2) is 206 Å². The summed E-state index contributed by atoms with van der Waals surface area (Å²) in [5.41, 5.74) is 13.9. The molecule has 0 amide bonds. The van der Waals surface area contributed by atoms with Crippen LogP contribution >= 0.6 is 0 Å². The molecule has 0 aliphatic carbocycles. The Morgan fingerprint density at radius 3 is 1.66 bits per heavy atom. The van der Waals surface area contributed by atoms with Gasteiger partial charge >= 0.3 is 0 Å². The van der Waals surface area contributed by atoms with Crippen molar-refractivity contribution in [3.63, 3.8) is 0 Å². The predicted molar refractivity (Wildman–Crippen MR) is 223 cm³/mol. The highest BCUT2D eigenvalue weighted by Crippen LogP contribution is 2.47. The first-order valence-electron chi connectivity index (χ1n) is 18.1. The van der Waals surface area contributed by atoms with Gasteiger partial charge in [-0.3, -0.25) is 4.57 Å². The first kappa shape index (κ1) is 30.8. The van der Waals surface area contributed by atoms with E-state index in [1.807, 2.05) is 0 Å². The SMILES string of the molecule is c1ccc(-c2cccc(-c3c4ccccc4c(-c4ccccc4-c4ccccc4)c4ccc(-c5nc6ccccc6n5-c5ccccc5)cc34)c2)cc1. The Kier molecular flexibility index (Phi) is 7.51. The number of para-hydroxylation sites is 3. The van der Waals surface area contributed by atoms with Crippen LogP contribution in [0.3, 0.4) is 0 Å². The second kappa shape index (κ2) is 12.9. The van der Waals surface area contributed by atoms with Crippen molar-refractivity contribution in [1.82, 2.24) is 9.55 Å². The van der Waals surface area contributed by atoms with Crippen molar-refractivity contribution in [2.24, 2.45) is 0 Å². The van der Waals surface area contributed by atoms with E-state index in [-0.39, 0.29) is 0 Å². The minimum Gasteiger partial charge on any atom is -0.292 e. The number of imidazole rings is 1. The highest BCUT2D eigenvalue weighted by Gasteiger charge is 2.21. The third-order valence-electron chi connectivity index (χ3n) is 10.4. The van der Waals surface area contributed by atoms with Crippen LogP contribution in [0.25, 0.3) is 94.2 Å². The van der Waals surface area contributed by atoms with Crippen LogP contribution in [0.5, 0.6) is 0 Å². The number of nitrogens with zero attached hydrogens (tertiary/aromatic N) is 2. The van der Waals surface area contributed by atoms with E-state index in [1.54, 1.807) is 0 Å². The third-order valence-corrected chi connectivity index (χ3v) is 10.4. The summed E-state index contributed by atoms with van der Waals surface area (Å²) in [7, 11) is 0. The summed E-state index contributed by atoms with van der Waals surface area (Å²) in [6, 6.07) is 74.1. The van der Waals surface area contributed by atoms with E-state index >= 15 is 0 Å². The van der Waals surface area contributed by atoms with Crippen LogP contribution in [0, 0.1) is 0 Å². The van der Waals surface area contributed by atoms with E-state index < -0.39 is 0 Å². The zero-order valence-corrected chi connectivity index (χ0v) is 29.0. The van der Waals surface area contributed by atoms with Crippen LogP contribution in [0.4, 0.5) is 0 Å². The molecule has 0 unspecified atom stereocenters. The van der Waals surface area contributed by atoms with E-state index in [9.17, 15) is 0 Å². The maximum Gasteiger partial charge on any atom is 0.145 e. The minimum absolute atomic E-state index is 0.919. The second-order valence-corrected chi connectivity index (χ2v) is 13.5. The molecular formula is C51H34N2. The van der Waals surface area contributed by atoms with E-state index in [0.717, 1.165) is 28.1 Å². The monoisotopic (exact) mass is 674 g/mol. The predicted octanol–water partition coefficient (Wildman–Crippen LogP) is 13.7. The molecule has 9 aromatic carbocycles. The van der Waals surface area contributed by atoms with Gasteiger partial charge in [-0.2, -0.15) is 0 Å². The largest absolute Gasteiger partial charge is 0.292 e. The molecule has 0 spiro atoms. The molecule has 1 heterocycles. The zero-order valence-electron chi connectivity index (χ0n) is 29.0. The van der Waals surface area contributed by atoms with Gasteiger partial charge in [-0.25, -0.2) is 4.98 Å². The van der Waals surface area contributed by atoms with Crippen molar-refractivity contribution in [2.45, 2.75) is 0 Å². The summed E-state index contributed by atoms with van der Waals surface area (Å²) in [6.07, 6.45) is 0. The Bertz CT molecular complexity index is 2920. The van der Waals surface area contributed by atoms with Crippen LogP contribution in [-0.2, 0) is 0 Å². The Labute approximate surface area is 308 Å². The van der Waals surface area contributed by atoms with Crippen molar-refractivity contribution in [2.75, 3.05) is 0 Å². The summed E-state index contributed by atoms with van der Waals surface area (Å²) in [4.78, 5) is 5.28. The van der Waals surface area contributed by atoms with Gasteiger partial charge in [-0.1, -0.05) is 170 Å². The Hall–Kier alpha value is -7.03. The molecule has 10 rings (SSSR count). The third kappa shape index (κ3) is 5.32. The molecule has 0 aliphatic heterocycles. The van der Waals surface area contributed by atoms with Crippen LogP contribution in [0.2, 0.25) is 0 Å². The lowest BCUT2D eigenvalue weighted by Gasteiger charge is -2.21. The molecule has 0 atom stereocenters. The molecule has 0 N–H and O–H groups in total. The molecule has 0 radical (unpaired) electrons. The van der Waals surface area contributed by atoms with Crippen molar-refractivity contribution in [3.05, 3.63) is 206 Å². The number of aromatic nitrogens is 2. The molecule has 1 aromatic heterocycles. The molecule has 0 saturated carbocycles. The molecule has 2 nitrogen and oxygen atoms in total. The van der Waals surface area contributed by atoms with Crippen molar-refractivity contribution < 1.29 is 0 Å². The zero-order chi connectivity index (χ0) is 35.1. The average molecular weight is 675 g/mol. The summed E-state index contributed by atoms with van der Waals surface area (Å²) < 4.78 is 2.29. The highest BCUT2D eigenvalue weighted by molar-refractivity contribution is 6.23. The van der Waals surface area contributed by atoms with Crippen molar-refractivity contribution >= 4 is 32.6 Å². The van der Waals surface area contributed by atoms with Gasteiger partial charge in [-0.05, 0) is 102 Å². The average Bonchev–Trinajstić information content (AvgIpc) is 3.63. The molecule has 0 fully saturated rings. The second-order valence-electron chi connectivity index (χ2n) is 13.5. The van der Waals surface area contributed by atoms with Gasteiger partial charge in [0.25, 0.3) is 0 Å². The van der Waals surface area contributed by atoms with Crippen molar-refractivity contribution in [1.29, 1.82) is 0 Å². The fourth-order valence-electron chi connectivity index (χ4n) is 8.03. The summed E-state index contributed by atoms with van der Waals surface area (Å²) >= 11 is 0. The number of hydrogen-bond acceptors (Lipinski definition) is 1. The first-order valence-corrected chi connectivity index (χ1v) is 18.1. The molecule has 0 bridgehead atoms. The number of fused-ring (bicyclic) bond motifs is 3. The highest BCUT2D eigenvalue weighted by atomic mass is 15.1. The van der Waals surface area contributed by atoms with Gasteiger partial charge in [0.2, 0.25) is 0 Å². The smallest absolute Gasteiger partial charge is 0.145 e. The molecule has 248 valence electrons. The number of benzene rings is 9. The maximum absolute atomic E-state index is 5.28. The van der Waals surface area contributed by atoms with E-state index in [2.05, 4.69) is 211 Å². The van der Waals surface area contributed by atoms with Gasteiger partial charge < -0.3 is 0 Å². The summed E-state index contributed by atoms with van der Waals surface area (Å²) in [5, 5.41) is 4.85. The molecular weight excluding hydrogens is 641 g/mol. The summed E-state index contributed by atoms with van der Waals surface area (Å²) in [5.74, 6) is 0.919. The standard InChI is InChI=1S/C51H34N2/c1-4-17-35(18-5-1)37-21-16-22-38(33-37)49-43-27-12-13-28-44(43)50(42-26-11-10-25-41(42)36-19-6-2-7-20-36)45-32-31-39(34-46(45)49)51-52-47-29-14-15-30-48(47)53(51)40-23-8-3-9-24-40/h1-34H. The lowest BCUT2D eigenvalue weighted by molar-refractivity contribution is 1.10.